The maximum atomic E-state index is 11.7. The predicted octanol–water partition coefficient (Wildman–Crippen LogP) is 2.60. The van der Waals surface area contributed by atoms with Gasteiger partial charge >= 0.3 is 5.97 Å². The lowest BCUT2D eigenvalue weighted by molar-refractivity contribution is -0.141. The first-order valence-corrected chi connectivity index (χ1v) is 10.4. The molecule has 0 amide bonds. The minimum Gasteiger partial charge on any atom is -0.469 e. The molecule has 2 fully saturated rings. The average Bonchev–Trinajstić information content (AvgIpc) is 2.73. The molecule has 0 saturated carbocycles. The highest BCUT2D eigenvalue weighted by Gasteiger charge is 2.33. The van der Waals surface area contributed by atoms with Crippen LogP contribution in [-0.2, 0) is 20.7 Å². The van der Waals surface area contributed by atoms with Crippen LogP contribution in [0.3, 0.4) is 0 Å². The fraction of sp³-hybridized carbons (Fsp3) is 0.682. The number of carbonyl (C=O) groups excluding carboxylic acids is 1. The summed E-state index contributed by atoms with van der Waals surface area (Å²) in [5.41, 5.74) is 1.42. The van der Waals surface area contributed by atoms with E-state index in [0.717, 1.165) is 58.8 Å². The summed E-state index contributed by atoms with van der Waals surface area (Å²) < 4.78 is 10.4. The molecule has 2 saturated heterocycles. The van der Waals surface area contributed by atoms with E-state index in [1.54, 1.807) is 0 Å². The van der Waals surface area contributed by atoms with Gasteiger partial charge in [-0.15, -0.1) is 0 Å². The van der Waals surface area contributed by atoms with Gasteiger partial charge in [-0.2, -0.15) is 0 Å². The van der Waals surface area contributed by atoms with Crippen LogP contribution >= 0.6 is 0 Å². The van der Waals surface area contributed by atoms with Crippen molar-refractivity contribution in [1.29, 1.82) is 0 Å². The Labute approximate surface area is 163 Å². The fourth-order valence-electron chi connectivity index (χ4n) is 4.53. The molecule has 2 heterocycles. The highest BCUT2D eigenvalue weighted by Crippen LogP contribution is 2.27. The standard InChI is InChI=1S/C22H34N2O3/c1-26-22(25)10-9-20-18-23(12-5-8-19-6-3-2-4-7-19)13-11-21(20)24-14-16-27-17-15-24/h2-4,6-7,20-21H,5,8-18H2,1H3/t20-,21+/m1/s1. The highest BCUT2D eigenvalue weighted by atomic mass is 16.5. The lowest BCUT2D eigenvalue weighted by Gasteiger charge is -2.45. The molecule has 2 aliphatic rings. The van der Waals surface area contributed by atoms with Crippen LogP contribution in [0, 0.1) is 5.92 Å². The first kappa shape index (κ1) is 20.3. The number of likely N-dealkylation sites (tertiary alicyclic amines) is 1. The Kier molecular flexibility index (Phi) is 8.11. The van der Waals surface area contributed by atoms with Gasteiger partial charge in [0.15, 0.2) is 0 Å². The first-order chi connectivity index (χ1) is 13.3. The maximum absolute atomic E-state index is 11.7. The number of morpholine rings is 1. The Balaban J connectivity index is 1.51. The second-order valence-corrected chi connectivity index (χ2v) is 7.77. The molecule has 0 bridgehead atoms. The lowest BCUT2D eigenvalue weighted by Crippen LogP contribution is -2.54. The number of benzene rings is 1. The molecular weight excluding hydrogens is 340 g/mol. The summed E-state index contributed by atoms with van der Waals surface area (Å²) in [5, 5.41) is 0. The summed E-state index contributed by atoms with van der Waals surface area (Å²) in [6, 6.07) is 11.3. The number of ether oxygens (including phenoxy) is 2. The molecule has 5 heteroatoms. The van der Waals surface area contributed by atoms with E-state index in [1.165, 1.54) is 25.5 Å². The fourth-order valence-corrected chi connectivity index (χ4v) is 4.53. The summed E-state index contributed by atoms with van der Waals surface area (Å²) in [6.07, 6.45) is 4.97. The van der Waals surface area contributed by atoms with Crippen molar-refractivity contribution in [3.63, 3.8) is 0 Å². The summed E-state index contributed by atoms with van der Waals surface area (Å²) in [5.74, 6) is 0.449. The van der Waals surface area contributed by atoms with Crippen LogP contribution in [0.2, 0.25) is 0 Å². The van der Waals surface area contributed by atoms with E-state index in [2.05, 4.69) is 40.1 Å². The summed E-state index contributed by atoms with van der Waals surface area (Å²) >= 11 is 0. The second-order valence-electron chi connectivity index (χ2n) is 7.77. The van der Waals surface area contributed by atoms with Gasteiger partial charge < -0.3 is 14.4 Å². The monoisotopic (exact) mass is 374 g/mol. The maximum Gasteiger partial charge on any atom is 0.305 e. The SMILES string of the molecule is COC(=O)CC[C@@H]1CN(CCCc2ccccc2)CC[C@@H]1N1CCOCC1. The molecule has 0 aliphatic carbocycles. The van der Waals surface area contributed by atoms with Crippen molar-refractivity contribution in [1.82, 2.24) is 9.80 Å². The van der Waals surface area contributed by atoms with Crippen molar-refractivity contribution in [3.05, 3.63) is 35.9 Å². The van der Waals surface area contributed by atoms with E-state index in [-0.39, 0.29) is 5.97 Å². The zero-order chi connectivity index (χ0) is 18.9. The molecule has 0 radical (unpaired) electrons. The third-order valence-corrected chi connectivity index (χ3v) is 6.02. The molecule has 0 spiro atoms. The molecule has 1 aromatic carbocycles. The Morgan fingerprint density at radius 1 is 1.19 bits per heavy atom. The smallest absolute Gasteiger partial charge is 0.305 e. The van der Waals surface area contributed by atoms with Crippen molar-refractivity contribution >= 4 is 5.97 Å². The van der Waals surface area contributed by atoms with Crippen molar-refractivity contribution in [2.45, 2.75) is 38.1 Å². The van der Waals surface area contributed by atoms with Crippen LogP contribution in [0.1, 0.15) is 31.2 Å². The number of piperidine rings is 1. The zero-order valence-electron chi connectivity index (χ0n) is 16.6. The molecule has 150 valence electrons. The first-order valence-electron chi connectivity index (χ1n) is 10.4. The van der Waals surface area contributed by atoms with Gasteiger partial charge in [-0.05, 0) is 50.3 Å². The van der Waals surface area contributed by atoms with Gasteiger partial charge in [0.25, 0.3) is 0 Å². The van der Waals surface area contributed by atoms with E-state index < -0.39 is 0 Å². The Morgan fingerprint density at radius 3 is 2.70 bits per heavy atom. The Morgan fingerprint density at radius 2 is 1.96 bits per heavy atom. The predicted molar refractivity (Wildman–Crippen MR) is 107 cm³/mol. The molecule has 0 unspecified atom stereocenters. The molecule has 1 aromatic rings. The third-order valence-electron chi connectivity index (χ3n) is 6.02. The molecule has 5 nitrogen and oxygen atoms in total. The van der Waals surface area contributed by atoms with Crippen molar-refractivity contribution in [2.24, 2.45) is 5.92 Å². The Bertz CT molecular complexity index is 560. The Hall–Kier alpha value is -1.43. The summed E-state index contributed by atoms with van der Waals surface area (Å²) in [7, 11) is 1.48. The van der Waals surface area contributed by atoms with E-state index in [4.69, 9.17) is 9.47 Å². The van der Waals surface area contributed by atoms with Gasteiger partial charge in [-0.25, -0.2) is 0 Å². The number of rotatable bonds is 8. The summed E-state index contributed by atoms with van der Waals surface area (Å²) in [4.78, 5) is 16.9. The minimum absolute atomic E-state index is 0.0862. The van der Waals surface area contributed by atoms with Crippen molar-refractivity contribution in [2.75, 3.05) is 53.0 Å². The molecule has 2 aliphatic heterocycles. The van der Waals surface area contributed by atoms with E-state index in [9.17, 15) is 4.79 Å². The molecular formula is C22H34N2O3. The van der Waals surface area contributed by atoms with Crippen LogP contribution < -0.4 is 0 Å². The molecule has 0 aromatic heterocycles. The van der Waals surface area contributed by atoms with Gasteiger partial charge in [0.2, 0.25) is 0 Å². The topological polar surface area (TPSA) is 42.0 Å². The summed E-state index contributed by atoms with van der Waals surface area (Å²) in [6.45, 7) is 7.10. The largest absolute Gasteiger partial charge is 0.469 e. The molecule has 3 rings (SSSR count). The zero-order valence-corrected chi connectivity index (χ0v) is 16.6. The van der Waals surface area contributed by atoms with Crippen LogP contribution in [0.5, 0.6) is 0 Å². The van der Waals surface area contributed by atoms with Crippen LogP contribution in [-0.4, -0.2) is 74.9 Å². The number of esters is 1. The van der Waals surface area contributed by atoms with E-state index in [1.807, 2.05) is 0 Å². The van der Waals surface area contributed by atoms with Crippen LogP contribution in [0.4, 0.5) is 0 Å². The number of carbonyl (C=O) groups is 1. The van der Waals surface area contributed by atoms with E-state index in [0.29, 0.717) is 18.4 Å². The number of hydrogen-bond acceptors (Lipinski definition) is 5. The van der Waals surface area contributed by atoms with Crippen molar-refractivity contribution in [3.8, 4) is 0 Å². The number of hydrogen-bond donors (Lipinski definition) is 0. The van der Waals surface area contributed by atoms with Crippen molar-refractivity contribution < 1.29 is 14.3 Å². The minimum atomic E-state index is -0.0862. The van der Waals surface area contributed by atoms with Gasteiger partial charge in [-0.1, -0.05) is 30.3 Å². The van der Waals surface area contributed by atoms with Gasteiger partial charge in [-0.3, -0.25) is 9.69 Å². The van der Waals surface area contributed by atoms with Gasteiger partial charge in [0.1, 0.15) is 0 Å². The molecule has 2 atom stereocenters. The number of aryl methyl sites for hydroxylation is 1. The van der Waals surface area contributed by atoms with Crippen LogP contribution in [0.15, 0.2) is 30.3 Å². The lowest BCUT2D eigenvalue weighted by atomic mass is 9.86. The van der Waals surface area contributed by atoms with Gasteiger partial charge in [0.05, 0.1) is 20.3 Å². The van der Waals surface area contributed by atoms with Crippen LogP contribution in [0.25, 0.3) is 0 Å². The number of nitrogens with zero attached hydrogens (tertiary/aromatic N) is 2. The highest BCUT2D eigenvalue weighted by molar-refractivity contribution is 5.69. The second kappa shape index (κ2) is 10.8. The quantitative estimate of drug-likeness (QED) is 0.655. The van der Waals surface area contributed by atoms with Gasteiger partial charge in [0, 0.05) is 32.1 Å². The molecule has 27 heavy (non-hydrogen) atoms. The van der Waals surface area contributed by atoms with E-state index >= 15 is 0 Å². The molecule has 0 N–H and O–H groups in total. The average molecular weight is 375 g/mol. The number of methoxy groups -OCH3 is 1. The normalized spacial score (nSPS) is 24.6. The third kappa shape index (κ3) is 6.30.